The SMILES string of the molecule is Cn1c(=O)n(C)c2cc(-c3nc(Cl)nc4c3ncn4C3CCCCO3)ccc21. The average molecular weight is 399 g/mol. The van der Waals surface area contributed by atoms with Gasteiger partial charge >= 0.3 is 5.69 Å². The van der Waals surface area contributed by atoms with Crippen LogP contribution in [0.2, 0.25) is 5.28 Å². The Hall–Kier alpha value is -2.71. The second-order valence-electron chi connectivity index (χ2n) is 7.09. The number of hydrogen-bond donors (Lipinski definition) is 0. The minimum atomic E-state index is -0.0880. The van der Waals surface area contributed by atoms with Crippen LogP contribution in [0.1, 0.15) is 25.5 Å². The first-order chi connectivity index (χ1) is 13.5. The molecule has 9 heteroatoms. The summed E-state index contributed by atoms with van der Waals surface area (Å²) in [4.78, 5) is 25.6. The number of nitrogens with zero attached hydrogens (tertiary/aromatic N) is 6. The van der Waals surface area contributed by atoms with Gasteiger partial charge in [-0.25, -0.2) is 14.8 Å². The summed E-state index contributed by atoms with van der Waals surface area (Å²) >= 11 is 6.26. The second-order valence-corrected chi connectivity index (χ2v) is 7.43. The molecular formula is C19H19ClN6O2. The van der Waals surface area contributed by atoms with E-state index in [-0.39, 0.29) is 17.2 Å². The lowest BCUT2D eigenvalue weighted by atomic mass is 10.1. The maximum Gasteiger partial charge on any atom is 0.328 e. The van der Waals surface area contributed by atoms with Crippen LogP contribution in [0.25, 0.3) is 33.5 Å². The van der Waals surface area contributed by atoms with Crippen molar-refractivity contribution in [2.24, 2.45) is 14.1 Å². The minimum absolute atomic E-state index is 0.0725. The third-order valence-corrected chi connectivity index (χ3v) is 5.57. The highest BCUT2D eigenvalue weighted by Crippen LogP contribution is 2.31. The molecule has 0 bridgehead atoms. The molecule has 28 heavy (non-hydrogen) atoms. The molecule has 0 saturated carbocycles. The van der Waals surface area contributed by atoms with Gasteiger partial charge in [0.15, 0.2) is 5.65 Å². The summed E-state index contributed by atoms with van der Waals surface area (Å²) in [6.07, 6.45) is 4.75. The predicted molar refractivity (Wildman–Crippen MR) is 106 cm³/mol. The number of benzene rings is 1. The Morgan fingerprint density at radius 1 is 1.14 bits per heavy atom. The third kappa shape index (κ3) is 2.56. The van der Waals surface area contributed by atoms with E-state index >= 15 is 0 Å². The van der Waals surface area contributed by atoms with Crippen LogP contribution in [-0.4, -0.2) is 35.3 Å². The van der Waals surface area contributed by atoms with Crippen molar-refractivity contribution >= 4 is 33.8 Å². The van der Waals surface area contributed by atoms with Crippen molar-refractivity contribution in [3.8, 4) is 11.3 Å². The van der Waals surface area contributed by atoms with E-state index in [9.17, 15) is 4.79 Å². The van der Waals surface area contributed by atoms with Gasteiger partial charge in [-0.05, 0) is 43.0 Å². The second kappa shape index (κ2) is 6.42. The van der Waals surface area contributed by atoms with E-state index in [1.54, 1.807) is 29.6 Å². The molecule has 0 spiro atoms. The molecule has 1 fully saturated rings. The van der Waals surface area contributed by atoms with Gasteiger partial charge in [0, 0.05) is 26.3 Å². The largest absolute Gasteiger partial charge is 0.358 e. The molecule has 1 atom stereocenters. The molecule has 1 aliphatic rings. The first-order valence-corrected chi connectivity index (χ1v) is 9.60. The molecule has 5 rings (SSSR count). The van der Waals surface area contributed by atoms with Crippen molar-refractivity contribution in [3.05, 3.63) is 40.3 Å². The van der Waals surface area contributed by atoms with E-state index in [2.05, 4.69) is 15.0 Å². The Morgan fingerprint density at radius 2 is 1.96 bits per heavy atom. The zero-order chi connectivity index (χ0) is 19.4. The highest BCUT2D eigenvalue weighted by Gasteiger charge is 2.22. The number of imidazole rings is 2. The fourth-order valence-corrected chi connectivity index (χ4v) is 4.06. The number of rotatable bonds is 2. The molecule has 1 saturated heterocycles. The van der Waals surface area contributed by atoms with Crippen LogP contribution in [0.3, 0.4) is 0 Å². The van der Waals surface area contributed by atoms with Crippen molar-refractivity contribution in [1.82, 2.24) is 28.7 Å². The first kappa shape index (κ1) is 17.4. The van der Waals surface area contributed by atoms with Gasteiger partial charge in [-0.2, -0.15) is 4.98 Å². The highest BCUT2D eigenvalue weighted by atomic mass is 35.5. The molecule has 1 aliphatic heterocycles. The maximum atomic E-state index is 12.2. The Kier molecular flexibility index (Phi) is 3.99. The van der Waals surface area contributed by atoms with Gasteiger partial charge in [-0.1, -0.05) is 6.07 Å². The molecule has 0 amide bonds. The van der Waals surface area contributed by atoms with Gasteiger partial charge < -0.3 is 4.74 Å². The standard InChI is InChI=1S/C19H19ClN6O2/c1-24-12-7-6-11(9-13(12)25(2)19(24)27)15-16-17(23-18(20)22-15)26(10-21-16)14-5-3-4-8-28-14/h6-7,9-10,14H,3-5,8H2,1-2H3. The zero-order valence-corrected chi connectivity index (χ0v) is 16.3. The van der Waals surface area contributed by atoms with Gasteiger partial charge in [0.2, 0.25) is 5.28 Å². The lowest BCUT2D eigenvalue weighted by molar-refractivity contribution is -0.0298. The molecule has 1 aromatic carbocycles. The van der Waals surface area contributed by atoms with E-state index in [1.807, 2.05) is 22.8 Å². The zero-order valence-electron chi connectivity index (χ0n) is 15.6. The fraction of sp³-hybridized carbons (Fsp3) is 0.368. The summed E-state index contributed by atoms with van der Waals surface area (Å²) in [5.74, 6) is 0. The van der Waals surface area contributed by atoms with Crippen molar-refractivity contribution < 1.29 is 4.74 Å². The number of ether oxygens (including phenoxy) is 1. The van der Waals surface area contributed by atoms with Crippen LogP contribution in [0.15, 0.2) is 29.3 Å². The summed E-state index contributed by atoms with van der Waals surface area (Å²) in [6, 6.07) is 5.77. The van der Waals surface area contributed by atoms with E-state index in [1.165, 1.54) is 0 Å². The molecule has 0 aliphatic carbocycles. The first-order valence-electron chi connectivity index (χ1n) is 9.22. The molecule has 8 nitrogen and oxygen atoms in total. The summed E-state index contributed by atoms with van der Waals surface area (Å²) < 4.78 is 11.1. The van der Waals surface area contributed by atoms with E-state index < -0.39 is 0 Å². The van der Waals surface area contributed by atoms with Gasteiger partial charge in [0.25, 0.3) is 0 Å². The predicted octanol–water partition coefficient (Wildman–Crippen LogP) is 3.04. The average Bonchev–Trinajstić information content (AvgIpc) is 3.23. The fourth-order valence-electron chi connectivity index (χ4n) is 3.90. The highest BCUT2D eigenvalue weighted by molar-refractivity contribution is 6.28. The molecule has 1 unspecified atom stereocenters. The molecule has 144 valence electrons. The van der Waals surface area contributed by atoms with Crippen LogP contribution >= 0.6 is 11.6 Å². The molecule has 4 heterocycles. The van der Waals surface area contributed by atoms with Crippen molar-refractivity contribution in [2.45, 2.75) is 25.5 Å². The number of aryl methyl sites for hydroxylation is 2. The lowest BCUT2D eigenvalue weighted by Crippen LogP contribution is -2.19. The Bertz CT molecular complexity index is 1270. The van der Waals surface area contributed by atoms with Crippen LogP contribution in [0.5, 0.6) is 0 Å². The molecular weight excluding hydrogens is 380 g/mol. The Balaban J connectivity index is 1.71. The van der Waals surface area contributed by atoms with Gasteiger partial charge in [0.05, 0.1) is 17.4 Å². The number of aromatic nitrogens is 6. The van der Waals surface area contributed by atoms with Crippen molar-refractivity contribution in [1.29, 1.82) is 0 Å². The summed E-state index contributed by atoms with van der Waals surface area (Å²) in [5, 5.41) is 0.155. The minimum Gasteiger partial charge on any atom is -0.358 e. The Labute approximate surface area is 165 Å². The quantitative estimate of drug-likeness (QED) is 0.485. The maximum absolute atomic E-state index is 12.2. The summed E-state index contributed by atoms with van der Waals surface area (Å²) in [7, 11) is 3.52. The van der Waals surface area contributed by atoms with Gasteiger partial charge in [-0.3, -0.25) is 13.7 Å². The summed E-state index contributed by atoms with van der Waals surface area (Å²) in [6.45, 7) is 0.731. The van der Waals surface area contributed by atoms with Crippen LogP contribution < -0.4 is 5.69 Å². The van der Waals surface area contributed by atoms with Gasteiger partial charge in [0.1, 0.15) is 17.4 Å². The molecule has 0 N–H and O–H groups in total. The van der Waals surface area contributed by atoms with Crippen LogP contribution in [0.4, 0.5) is 0 Å². The number of fused-ring (bicyclic) bond motifs is 2. The lowest BCUT2D eigenvalue weighted by Gasteiger charge is -2.23. The molecule has 0 radical (unpaired) electrons. The molecule has 3 aromatic heterocycles. The third-order valence-electron chi connectivity index (χ3n) is 5.41. The summed E-state index contributed by atoms with van der Waals surface area (Å²) in [5.41, 5.74) is 4.40. The van der Waals surface area contributed by atoms with Crippen molar-refractivity contribution in [2.75, 3.05) is 6.61 Å². The van der Waals surface area contributed by atoms with E-state index in [0.29, 0.717) is 16.9 Å². The van der Waals surface area contributed by atoms with Crippen molar-refractivity contribution in [3.63, 3.8) is 0 Å². The normalized spacial score (nSPS) is 17.6. The smallest absolute Gasteiger partial charge is 0.328 e. The van der Waals surface area contributed by atoms with E-state index in [4.69, 9.17) is 16.3 Å². The Morgan fingerprint density at radius 3 is 2.75 bits per heavy atom. The number of halogens is 1. The van der Waals surface area contributed by atoms with Crippen LogP contribution in [-0.2, 0) is 18.8 Å². The monoisotopic (exact) mass is 398 g/mol. The van der Waals surface area contributed by atoms with Gasteiger partial charge in [-0.15, -0.1) is 0 Å². The number of hydrogen-bond acceptors (Lipinski definition) is 5. The van der Waals surface area contributed by atoms with Crippen LogP contribution in [0, 0.1) is 0 Å². The topological polar surface area (TPSA) is 79.8 Å². The van der Waals surface area contributed by atoms with E-state index in [0.717, 1.165) is 42.5 Å². The molecule has 4 aromatic rings.